The monoisotopic (exact) mass is 298 g/mol. The second kappa shape index (κ2) is 6.15. The third-order valence-corrected chi connectivity index (χ3v) is 5.58. The van der Waals surface area contributed by atoms with Crippen molar-refractivity contribution in [2.75, 3.05) is 26.4 Å². The molecule has 4 aliphatic rings. The van der Waals surface area contributed by atoms with Crippen molar-refractivity contribution in [2.24, 2.45) is 17.3 Å². The predicted octanol–water partition coefficient (Wildman–Crippen LogP) is 2.65. The lowest BCUT2D eigenvalue weighted by atomic mass is 9.81. The molecule has 21 heavy (non-hydrogen) atoms. The van der Waals surface area contributed by atoms with Crippen LogP contribution in [0, 0.1) is 17.3 Å². The summed E-state index contributed by atoms with van der Waals surface area (Å²) in [4.78, 5) is 0. The highest BCUT2D eigenvalue weighted by molar-refractivity contribution is 5.08. The smallest absolute Gasteiger partial charge is 0.104 e. The lowest BCUT2D eigenvalue weighted by Gasteiger charge is -2.27. The Morgan fingerprint density at radius 3 is 1.52 bits per heavy atom. The third kappa shape index (κ3) is 3.29. The van der Waals surface area contributed by atoms with Gasteiger partial charge in [-0.15, -0.1) is 0 Å². The Bertz CT molecular complexity index is 317. The molecule has 6 atom stereocenters. The summed E-state index contributed by atoms with van der Waals surface area (Å²) in [5.74, 6) is 1.28. The molecule has 0 aromatic carbocycles. The van der Waals surface area contributed by atoms with Crippen molar-refractivity contribution in [3.63, 3.8) is 0 Å². The molecular formula is C17H30O4. The van der Waals surface area contributed by atoms with Gasteiger partial charge in [-0.3, -0.25) is 0 Å². The molecule has 0 amide bonds. The summed E-state index contributed by atoms with van der Waals surface area (Å²) in [6, 6.07) is 0. The average Bonchev–Trinajstić information content (AvgIpc) is 3.39. The van der Waals surface area contributed by atoms with Gasteiger partial charge in [-0.25, -0.2) is 0 Å². The van der Waals surface area contributed by atoms with Crippen LogP contribution in [-0.2, 0) is 18.9 Å². The van der Waals surface area contributed by atoms with E-state index in [0.29, 0.717) is 41.7 Å². The van der Waals surface area contributed by atoms with E-state index < -0.39 is 0 Å². The zero-order valence-electron chi connectivity index (χ0n) is 13.8. The van der Waals surface area contributed by atoms with E-state index in [2.05, 4.69) is 13.8 Å². The van der Waals surface area contributed by atoms with E-state index in [9.17, 15) is 0 Å². The van der Waals surface area contributed by atoms with Gasteiger partial charge in [-0.05, 0) is 30.1 Å². The number of hydrogen-bond donors (Lipinski definition) is 0. The van der Waals surface area contributed by atoms with E-state index in [1.54, 1.807) is 0 Å². The second-order valence-electron chi connectivity index (χ2n) is 7.16. The van der Waals surface area contributed by atoms with E-state index in [4.69, 9.17) is 18.9 Å². The summed E-state index contributed by atoms with van der Waals surface area (Å²) in [6.45, 7) is 12.1. The number of ether oxygens (including phenoxy) is 4. The van der Waals surface area contributed by atoms with Gasteiger partial charge in [-0.1, -0.05) is 27.7 Å². The quantitative estimate of drug-likeness (QED) is 0.707. The van der Waals surface area contributed by atoms with Crippen LogP contribution in [0.25, 0.3) is 0 Å². The molecule has 2 aliphatic carbocycles. The van der Waals surface area contributed by atoms with E-state index in [1.807, 2.05) is 13.8 Å². The summed E-state index contributed by atoms with van der Waals surface area (Å²) < 4.78 is 22.6. The van der Waals surface area contributed by atoms with Gasteiger partial charge in [0.2, 0.25) is 0 Å². The lowest BCUT2D eigenvalue weighted by molar-refractivity contribution is -0.0436. The molecule has 2 bridgehead atoms. The molecule has 122 valence electrons. The average molecular weight is 298 g/mol. The third-order valence-electron chi connectivity index (χ3n) is 5.58. The Kier molecular flexibility index (Phi) is 4.60. The highest BCUT2D eigenvalue weighted by Crippen LogP contribution is 2.59. The molecule has 0 radical (unpaired) electrons. The first-order valence-electron chi connectivity index (χ1n) is 8.61. The Morgan fingerprint density at radius 2 is 1.24 bits per heavy atom. The molecule has 2 heterocycles. The molecule has 4 nitrogen and oxygen atoms in total. The van der Waals surface area contributed by atoms with Crippen molar-refractivity contribution >= 4 is 0 Å². The van der Waals surface area contributed by atoms with Crippen LogP contribution < -0.4 is 0 Å². The van der Waals surface area contributed by atoms with Crippen molar-refractivity contribution in [3.05, 3.63) is 0 Å². The summed E-state index contributed by atoms with van der Waals surface area (Å²) in [5.41, 5.74) is 0.351. The Labute approximate surface area is 128 Å². The first-order valence-corrected chi connectivity index (χ1v) is 8.61. The van der Waals surface area contributed by atoms with Crippen LogP contribution in [0.2, 0.25) is 0 Å². The van der Waals surface area contributed by atoms with Crippen LogP contribution in [0.4, 0.5) is 0 Å². The molecule has 0 N–H and O–H groups in total. The lowest BCUT2D eigenvalue weighted by Crippen LogP contribution is -2.31. The number of hydrogen-bond acceptors (Lipinski definition) is 4. The van der Waals surface area contributed by atoms with Gasteiger partial charge in [0.05, 0.1) is 38.6 Å². The maximum absolute atomic E-state index is 6.08. The molecular weight excluding hydrogens is 268 g/mol. The summed E-state index contributed by atoms with van der Waals surface area (Å²) in [5, 5.41) is 0. The van der Waals surface area contributed by atoms with Gasteiger partial charge in [0.15, 0.2) is 0 Å². The van der Waals surface area contributed by atoms with Crippen LogP contribution in [0.5, 0.6) is 0 Å². The fourth-order valence-electron chi connectivity index (χ4n) is 4.13. The van der Waals surface area contributed by atoms with Gasteiger partial charge in [0.25, 0.3) is 0 Å². The van der Waals surface area contributed by atoms with Gasteiger partial charge < -0.3 is 18.9 Å². The molecule has 4 fully saturated rings. The molecule has 2 saturated heterocycles. The van der Waals surface area contributed by atoms with Crippen molar-refractivity contribution in [3.8, 4) is 0 Å². The zero-order valence-corrected chi connectivity index (χ0v) is 13.8. The van der Waals surface area contributed by atoms with Crippen LogP contribution in [0.3, 0.4) is 0 Å². The first kappa shape index (κ1) is 15.7. The van der Waals surface area contributed by atoms with E-state index in [-0.39, 0.29) is 0 Å². The van der Waals surface area contributed by atoms with Crippen LogP contribution in [0.15, 0.2) is 0 Å². The molecule has 5 unspecified atom stereocenters. The fraction of sp³-hybridized carbons (Fsp3) is 1.00. The standard InChI is InChI=1S/C15H24O4.C2H6/c1-15(2)11-3-13(18-7-9-5-16-9)12(15)4-14(11)19-8-10-6-17-10;1-2/h9-14H,3-8H2,1-2H3;1-2H3/t9?,10?,11?,12?,13-,14?;/m1./s1. The predicted molar refractivity (Wildman–Crippen MR) is 80.3 cm³/mol. The minimum absolute atomic E-state index is 0.351. The summed E-state index contributed by atoms with van der Waals surface area (Å²) >= 11 is 0. The van der Waals surface area contributed by atoms with Crippen LogP contribution >= 0.6 is 0 Å². The van der Waals surface area contributed by atoms with Crippen molar-refractivity contribution < 1.29 is 18.9 Å². The highest BCUT2D eigenvalue weighted by atomic mass is 16.6. The zero-order chi connectivity index (χ0) is 15.0. The van der Waals surface area contributed by atoms with Gasteiger partial charge >= 0.3 is 0 Å². The van der Waals surface area contributed by atoms with Gasteiger partial charge in [-0.2, -0.15) is 0 Å². The minimum Gasteiger partial charge on any atom is -0.375 e. The molecule has 0 aromatic heterocycles. The molecule has 2 aliphatic heterocycles. The maximum Gasteiger partial charge on any atom is 0.104 e. The van der Waals surface area contributed by atoms with Crippen molar-refractivity contribution in [1.29, 1.82) is 0 Å². The van der Waals surface area contributed by atoms with Crippen molar-refractivity contribution in [1.82, 2.24) is 0 Å². The largest absolute Gasteiger partial charge is 0.375 e. The Morgan fingerprint density at radius 1 is 0.857 bits per heavy atom. The highest BCUT2D eigenvalue weighted by Gasteiger charge is 2.59. The first-order chi connectivity index (χ1) is 10.1. The SMILES string of the molecule is CC.CC1(C)C2C[C@@H](OCC3CO3)C1CC2OCC1CO1. The maximum atomic E-state index is 6.08. The molecule has 2 saturated carbocycles. The van der Waals surface area contributed by atoms with E-state index >= 15 is 0 Å². The topological polar surface area (TPSA) is 43.5 Å². The summed E-state index contributed by atoms with van der Waals surface area (Å²) in [7, 11) is 0. The Hall–Kier alpha value is -0.160. The molecule has 4 rings (SSSR count). The van der Waals surface area contributed by atoms with Crippen LogP contribution in [0.1, 0.15) is 40.5 Å². The van der Waals surface area contributed by atoms with Gasteiger partial charge in [0.1, 0.15) is 12.2 Å². The molecule has 0 aromatic rings. The molecule has 4 heteroatoms. The number of fused-ring (bicyclic) bond motifs is 2. The minimum atomic E-state index is 0.351. The number of epoxide rings is 2. The van der Waals surface area contributed by atoms with E-state index in [0.717, 1.165) is 39.3 Å². The van der Waals surface area contributed by atoms with Crippen molar-refractivity contribution in [2.45, 2.75) is 65.0 Å². The van der Waals surface area contributed by atoms with Crippen LogP contribution in [-0.4, -0.2) is 50.8 Å². The van der Waals surface area contributed by atoms with Gasteiger partial charge in [0, 0.05) is 0 Å². The Balaban J connectivity index is 0.000000636. The number of rotatable bonds is 6. The fourth-order valence-corrected chi connectivity index (χ4v) is 4.13. The van der Waals surface area contributed by atoms with E-state index in [1.165, 1.54) is 0 Å². The summed E-state index contributed by atoms with van der Waals surface area (Å²) in [6.07, 6.45) is 3.89. The normalized spacial score (nSPS) is 45.1. The second-order valence-corrected chi connectivity index (χ2v) is 7.16. The molecule has 0 spiro atoms.